The van der Waals surface area contributed by atoms with Crippen molar-refractivity contribution in [3.8, 4) is 23.1 Å². The number of rotatable bonds is 6. The minimum atomic E-state index is -2.91. The molecule has 1 fully saturated rings. The lowest BCUT2D eigenvalue weighted by Crippen LogP contribution is -2.50. The van der Waals surface area contributed by atoms with Gasteiger partial charge in [-0.3, -0.25) is 4.79 Å². The van der Waals surface area contributed by atoms with E-state index in [0.717, 1.165) is 41.5 Å². The molecule has 1 aromatic heterocycles. The molecular weight excluding hydrogens is 412 g/mol. The highest BCUT2D eigenvalue weighted by Crippen LogP contribution is 2.42. The van der Waals surface area contributed by atoms with E-state index in [1.165, 1.54) is 12.3 Å². The average Bonchev–Trinajstić information content (AvgIpc) is 2.76. The molecule has 0 radical (unpaired) electrons. The molecule has 5 nitrogen and oxygen atoms in total. The van der Waals surface area contributed by atoms with Crippen LogP contribution < -0.4 is 10.1 Å². The first-order chi connectivity index (χ1) is 15.4. The van der Waals surface area contributed by atoms with Gasteiger partial charge < -0.3 is 10.1 Å². The zero-order valence-corrected chi connectivity index (χ0v) is 17.4. The minimum Gasteiger partial charge on any atom is -0.417 e. The lowest BCUT2D eigenvalue weighted by atomic mass is 9.71. The van der Waals surface area contributed by atoms with Gasteiger partial charge in [0.05, 0.1) is 17.2 Å². The van der Waals surface area contributed by atoms with Gasteiger partial charge in [0.25, 0.3) is 5.91 Å². The molecule has 1 aliphatic carbocycles. The van der Waals surface area contributed by atoms with Crippen molar-refractivity contribution in [3.63, 3.8) is 0 Å². The molecule has 7 heteroatoms. The SMILES string of the molecule is Cc1cc(OC(F)F)ncc1-c1ccc(C2(NC(=O)c3ccc(C#N)cc3)CCC2)cc1. The Kier molecular flexibility index (Phi) is 5.87. The van der Waals surface area contributed by atoms with E-state index in [-0.39, 0.29) is 11.8 Å². The second-order valence-electron chi connectivity index (χ2n) is 7.87. The van der Waals surface area contributed by atoms with E-state index in [9.17, 15) is 13.6 Å². The molecule has 0 unspecified atom stereocenters. The molecule has 0 saturated heterocycles. The molecule has 0 bridgehead atoms. The number of ether oxygens (including phenoxy) is 1. The summed E-state index contributed by atoms with van der Waals surface area (Å²) in [5, 5.41) is 12.1. The Morgan fingerprint density at radius 1 is 1.16 bits per heavy atom. The van der Waals surface area contributed by atoms with Crippen LogP contribution in [0, 0.1) is 18.3 Å². The second kappa shape index (κ2) is 8.75. The predicted molar refractivity (Wildman–Crippen MR) is 115 cm³/mol. The number of nitrogens with one attached hydrogen (secondary N) is 1. The van der Waals surface area contributed by atoms with Crippen molar-refractivity contribution in [1.82, 2.24) is 10.3 Å². The summed E-state index contributed by atoms with van der Waals surface area (Å²) < 4.78 is 29.2. The number of pyridine rings is 1. The van der Waals surface area contributed by atoms with Gasteiger partial charge in [0, 0.05) is 23.4 Å². The van der Waals surface area contributed by atoms with E-state index < -0.39 is 12.2 Å². The van der Waals surface area contributed by atoms with Crippen molar-refractivity contribution >= 4 is 5.91 Å². The molecule has 2 aromatic carbocycles. The van der Waals surface area contributed by atoms with Crippen LogP contribution in [0.15, 0.2) is 60.8 Å². The number of carbonyl (C=O) groups excluding carboxylic acids is 1. The van der Waals surface area contributed by atoms with Crippen molar-refractivity contribution in [2.45, 2.75) is 38.3 Å². The molecule has 162 valence electrons. The zero-order valence-electron chi connectivity index (χ0n) is 17.4. The maximum Gasteiger partial charge on any atom is 0.388 e. The molecule has 1 amide bonds. The van der Waals surface area contributed by atoms with Crippen LogP contribution in [-0.2, 0) is 5.54 Å². The van der Waals surface area contributed by atoms with Gasteiger partial charge in [-0.2, -0.15) is 14.0 Å². The third-order valence-corrected chi connectivity index (χ3v) is 5.88. The highest BCUT2D eigenvalue weighted by atomic mass is 19.3. The number of aryl methyl sites for hydroxylation is 1. The van der Waals surface area contributed by atoms with Crippen molar-refractivity contribution < 1.29 is 18.3 Å². The third-order valence-electron chi connectivity index (χ3n) is 5.88. The van der Waals surface area contributed by atoms with Gasteiger partial charge >= 0.3 is 6.61 Å². The number of benzene rings is 2. The fraction of sp³-hybridized carbons (Fsp3) is 0.240. The molecule has 0 spiro atoms. The third kappa shape index (κ3) is 4.30. The molecule has 4 rings (SSSR count). The summed E-state index contributed by atoms with van der Waals surface area (Å²) in [6.07, 6.45) is 4.22. The van der Waals surface area contributed by atoms with Crippen molar-refractivity contribution in [1.29, 1.82) is 5.26 Å². The Hall–Kier alpha value is -3.79. The van der Waals surface area contributed by atoms with Crippen molar-refractivity contribution in [3.05, 3.63) is 83.0 Å². The van der Waals surface area contributed by atoms with E-state index in [2.05, 4.69) is 15.0 Å². The van der Waals surface area contributed by atoms with Gasteiger partial charge in [-0.05, 0) is 67.1 Å². The van der Waals surface area contributed by atoms with Crippen LogP contribution in [0.2, 0.25) is 0 Å². The molecule has 0 atom stereocenters. The number of nitriles is 1. The lowest BCUT2D eigenvalue weighted by Gasteiger charge is -2.43. The fourth-order valence-corrected chi connectivity index (χ4v) is 3.96. The predicted octanol–water partition coefficient (Wildman–Crippen LogP) is 5.34. The summed E-state index contributed by atoms with van der Waals surface area (Å²) in [4.78, 5) is 16.8. The zero-order chi connectivity index (χ0) is 22.7. The molecule has 3 aromatic rings. The van der Waals surface area contributed by atoms with E-state index in [1.807, 2.05) is 37.3 Å². The largest absolute Gasteiger partial charge is 0.417 e. The highest BCUT2D eigenvalue weighted by molar-refractivity contribution is 5.95. The number of alkyl halides is 2. The normalized spacial score (nSPS) is 14.3. The van der Waals surface area contributed by atoms with Gasteiger partial charge in [-0.1, -0.05) is 24.3 Å². The lowest BCUT2D eigenvalue weighted by molar-refractivity contribution is -0.0528. The molecular formula is C25H21F2N3O2. The van der Waals surface area contributed by atoms with Crippen molar-refractivity contribution in [2.24, 2.45) is 0 Å². The van der Waals surface area contributed by atoms with E-state index >= 15 is 0 Å². The number of hydrogen-bond donors (Lipinski definition) is 1. The van der Waals surface area contributed by atoms with Gasteiger partial charge in [0.2, 0.25) is 5.88 Å². The maximum atomic E-state index is 12.8. The van der Waals surface area contributed by atoms with Crippen LogP contribution in [-0.4, -0.2) is 17.5 Å². The minimum absolute atomic E-state index is 0.114. The standard InChI is InChI=1S/C25H21F2N3O2/c1-16-13-22(32-24(26)27)29-15-21(16)18-7-9-20(10-8-18)25(11-2-12-25)30-23(31)19-5-3-17(14-28)4-6-19/h3-10,13,15,24H,2,11-12H2,1H3,(H,30,31). The van der Waals surface area contributed by atoms with Crippen molar-refractivity contribution in [2.75, 3.05) is 0 Å². The van der Waals surface area contributed by atoms with Gasteiger partial charge in [-0.15, -0.1) is 0 Å². The van der Waals surface area contributed by atoms with Crippen LogP contribution in [0.1, 0.15) is 46.3 Å². The second-order valence-corrected chi connectivity index (χ2v) is 7.87. The summed E-state index contributed by atoms with van der Waals surface area (Å²) in [7, 11) is 0. The molecule has 32 heavy (non-hydrogen) atoms. The summed E-state index contributed by atoms with van der Waals surface area (Å²) >= 11 is 0. The van der Waals surface area contributed by atoms with Crippen LogP contribution in [0.4, 0.5) is 8.78 Å². The number of carbonyl (C=O) groups is 1. The molecule has 1 aliphatic rings. The summed E-state index contributed by atoms with van der Waals surface area (Å²) in [6.45, 7) is -1.10. The Labute approximate surface area is 184 Å². The Balaban J connectivity index is 1.53. The van der Waals surface area contributed by atoms with E-state index in [1.54, 1.807) is 24.3 Å². The first-order valence-electron chi connectivity index (χ1n) is 10.3. The molecule has 0 aliphatic heterocycles. The highest BCUT2D eigenvalue weighted by Gasteiger charge is 2.40. The number of aromatic nitrogens is 1. The number of hydrogen-bond acceptors (Lipinski definition) is 4. The maximum absolute atomic E-state index is 12.8. The van der Waals surface area contributed by atoms with Gasteiger partial charge in [0.1, 0.15) is 0 Å². The summed E-state index contributed by atoms with van der Waals surface area (Å²) in [5.41, 5.74) is 4.10. The number of amides is 1. The van der Waals surface area contributed by atoms with Gasteiger partial charge in [0.15, 0.2) is 0 Å². The van der Waals surface area contributed by atoms with Crippen LogP contribution in [0.3, 0.4) is 0 Å². The van der Waals surface area contributed by atoms with E-state index in [4.69, 9.17) is 5.26 Å². The smallest absolute Gasteiger partial charge is 0.388 e. The average molecular weight is 433 g/mol. The van der Waals surface area contributed by atoms with E-state index in [0.29, 0.717) is 11.1 Å². The number of nitrogens with zero attached hydrogens (tertiary/aromatic N) is 2. The Morgan fingerprint density at radius 2 is 1.84 bits per heavy atom. The Bertz CT molecular complexity index is 1170. The van der Waals surface area contributed by atoms with Crippen LogP contribution in [0.5, 0.6) is 5.88 Å². The first kappa shape index (κ1) is 21.4. The molecule has 1 saturated carbocycles. The van der Waals surface area contributed by atoms with Crippen LogP contribution >= 0.6 is 0 Å². The monoisotopic (exact) mass is 433 g/mol. The quantitative estimate of drug-likeness (QED) is 0.569. The number of halogens is 2. The first-order valence-corrected chi connectivity index (χ1v) is 10.3. The fourth-order valence-electron chi connectivity index (χ4n) is 3.96. The summed E-state index contributed by atoms with van der Waals surface area (Å²) in [5.74, 6) is -0.287. The summed E-state index contributed by atoms with van der Waals surface area (Å²) in [6, 6.07) is 18.0. The topological polar surface area (TPSA) is 75.0 Å². The molecule has 1 N–H and O–H groups in total. The molecule has 1 heterocycles. The van der Waals surface area contributed by atoms with Crippen LogP contribution in [0.25, 0.3) is 11.1 Å². The van der Waals surface area contributed by atoms with Gasteiger partial charge in [-0.25, -0.2) is 4.98 Å². The Morgan fingerprint density at radius 3 is 2.38 bits per heavy atom.